The van der Waals surface area contributed by atoms with Gasteiger partial charge in [-0.05, 0) is 12.0 Å². The van der Waals surface area contributed by atoms with Crippen LogP contribution in [0, 0.1) is 0 Å². The van der Waals surface area contributed by atoms with Crippen molar-refractivity contribution in [2.24, 2.45) is 0 Å². The van der Waals surface area contributed by atoms with Crippen molar-refractivity contribution in [3.05, 3.63) is 30.4 Å². The summed E-state index contributed by atoms with van der Waals surface area (Å²) < 4.78 is 0. The molecule has 0 aliphatic heterocycles. The van der Waals surface area contributed by atoms with E-state index in [1.165, 1.54) is 10.8 Å². The number of H-pyrrole nitrogens is 1. The van der Waals surface area contributed by atoms with E-state index in [9.17, 15) is 0 Å². The first kappa shape index (κ1) is 7.35. The zero-order valence-electron chi connectivity index (χ0n) is 7.33. The molecule has 0 fully saturated rings. The van der Waals surface area contributed by atoms with Crippen molar-refractivity contribution in [2.75, 3.05) is 0 Å². The minimum atomic E-state index is 0.504. The Morgan fingerprint density at radius 1 is 1.25 bits per heavy atom. The summed E-state index contributed by atoms with van der Waals surface area (Å²) in [4.78, 5) is 7.42. The lowest BCUT2D eigenvalue weighted by molar-refractivity contribution is 0.826. The molecule has 0 saturated carbocycles. The van der Waals surface area contributed by atoms with Gasteiger partial charge in [0.1, 0.15) is 0 Å². The number of hydrogen-bond acceptors (Lipinski definition) is 1. The molecule has 2 nitrogen and oxygen atoms in total. The summed E-state index contributed by atoms with van der Waals surface area (Å²) in [6.07, 6.45) is 5.89. The lowest BCUT2D eigenvalue weighted by Crippen LogP contribution is -1.90. The van der Waals surface area contributed by atoms with Gasteiger partial charge in [0.25, 0.3) is 0 Å². The summed E-state index contributed by atoms with van der Waals surface area (Å²) in [7, 11) is 0. The SMILES string of the molecule is CC(C)c1cc2c[nH]cc2cn1. The molecule has 12 heavy (non-hydrogen) atoms. The Balaban J connectivity index is 2.60. The standard InChI is InChI=1S/C10H12N2/c1-7(2)10-3-8-4-11-5-9(8)6-12-10/h3-7,11H,1-2H3. The van der Waals surface area contributed by atoms with Crippen molar-refractivity contribution in [3.8, 4) is 0 Å². The third kappa shape index (κ3) is 1.09. The Morgan fingerprint density at radius 2 is 2.00 bits per heavy atom. The van der Waals surface area contributed by atoms with Crippen LogP contribution in [0.25, 0.3) is 10.8 Å². The largest absolute Gasteiger partial charge is 0.366 e. The molecule has 0 aromatic carbocycles. The Morgan fingerprint density at radius 3 is 2.75 bits per heavy atom. The number of nitrogens with one attached hydrogen (secondary N) is 1. The zero-order chi connectivity index (χ0) is 8.55. The number of aromatic amines is 1. The molecule has 0 saturated heterocycles. The van der Waals surface area contributed by atoms with Crippen LogP contribution in [0.3, 0.4) is 0 Å². The van der Waals surface area contributed by atoms with Crippen LogP contribution in [0.15, 0.2) is 24.7 Å². The third-order valence-corrected chi connectivity index (χ3v) is 2.06. The van der Waals surface area contributed by atoms with Crippen molar-refractivity contribution in [2.45, 2.75) is 19.8 Å². The Bertz CT molecular complexity index is 387. The Hall–Kier alpha value is -1.31. The molecular weight excluding hydrogens is 148 g/mol. The second-order valence-corrected chi connectivity index (χ2v) is 3.35. The van der Waals surface area contributed by atoms with Gasteiger partial charge < -0.3 is 4.98 Å². The van der Waals surface area contributed by atoms with E-state index in [4.69, 9.17) is 0 Å². The maximum Gasteiger partial charge on any atom is 0.0435 e. The molecule has 0 radical (unpaired) electrons. The van der Waals surface area contributed by atoms with Gasteiger partial charge in [0.15, 0.2) is 0 Å². The molecule has 0 spiro atoms. The Labute approximate surface area is 71.6 Å². The fraction of sp³-hybridized carbons (Fsp3) is 0.300. The number of pyridine rings is 1. The first-order chi connectivity index (χ1) is 5.77. The molecule has 1 N–H and O–H groups in total. The number of nitrogens with zero attached hydrogens (tertiary/aromatic N) is 1. The van der Waals surface area contributed by atoms with E-state index in [-0.39, 0.29) is 0 Å². The van der Waals surface area contributed by atoms with Gasteiger partial charge in [-0.15, -0.1) is 0 Å². The van der Waals surface area contributed by atoms with Gasteiger partial charge in [-0.1, -0.05) is 13.8 Å². The summed E-state index contributed by atoms with van der Waals surface area (Å²) in [5, 5.41) is 2.42. The molecule has 0 amide bonds. The second kappa shape index (κ2) is 2.63. The number of rotatable bonds is 1. The highest BCUT2D eigenvalue weighted by molar-refractivity contribution is 5.81. The van der Waals surface area contributed by atoms with E-state index < -0.39 is 0 Å². The second-order valence-electron chi connectivity index (χ2n) is 3.35. The summed E-state index contributed by atoms with van der Waals surface area (Å²) in [5.41, 5.74) is 1.15. The maximum absolute atomic E-state index is 4.36. The van der Waals surface area contributed by atoms with Crippen molar-refractivity contribution in [1.29, 1.82) is 0 Å². The van der Waals surface area contributed by atoms with Gasteiger partial charge in [-0.25, -0.2) is 0 Å². The van der Waals surface area contributed by atoms with Crippen LogP contribution in [-0.2, 0) is 0 Å². The van der Waals surface area contributed by atoms with E-state index in [1.807, 2.05) is 18.6 Å². The minimum Gasteiger partial charge on any atom is -0.366 e. The molecule has 2 rings (SSSR count). The third-order valence-electron chi connectivity index (χ3n) is 2.06. The molecule has 0 aliphatic carbocycles. The smallest absolute Gasteiger partial charge is 0.0435 e. The van der Waals surface area contributed by atoms with Crippen LogP contribution in [0.1, 0.15) is 25.5 Å². The molecule has 0 unspecified atom stereocenters. The number of aromatic nitrogens is 2. The number of fused-ring (bicyclic) bond motifs is 1. The highest BCUT2D eigenvalue weighted by Gasteiger charge is 2.01. The van der Waals surface area contributed by atoms with Gasteiger partial charge in [-0.2, -0.15) is 0 Å². The summed E-state index contributed by atoms with van der Waals surface area (Å²) in [6.45, 7) is 4.31. The monoisotopic (exact) mass is 160 g/mol. The summed E-state index contributed by atoms with van der Waals surface area (Å²) in [6, 6.07) is 2.14. The molecule has 0 atom stereocenters. The van der Waals surface area contributed by atoms with E-state index in [0.29, 0.717) is 5.92 Å². The lowest BCUT2D eigenvalue weighted by Gasteiger charge is -2.02. The van der Waals surface area contributed by atoms with Gasteiger partial charge in [-0.3, -0.25) is 4.98 Å². The summed E-state index contributed by atoms with van der Waals surface area (Å²) in [5.74, 6) is 0.504. The first-order valence-electron chi connectivity index (χ1n) is 4.20. The topological polar surface area (TPSA) is 28.7 Å². The predicted octanol–water partition coefficient (Wildman–Crippen LogP) is 2.69. The Kier molecular flexibility index (Phi) is 1.61. The van der Waals surface area contributed by atoms with Crippen LogP contribution in [-0.4, -0.2) is 9.97 Å². The fourth-order valence-corrected chi connectivity index (χ4v) is 1.28. The van der Waals surface area contributed by atoms with E-state index in [1.54, 1.807) is 0 Å². The molecule has 0 aliphatic rings. The molecule has 2 aromatic heterocycles. The van der Waals surface area contributed by atoms with Crippen molar-refractivity contribution < 1.29 is 0 Å². The fourth-order valence-electron chi connectivity index (χ4n) is 1.28. The normalized spacial score (nSPS) is 11.2. The van der Waals surface area contributed by atoms with E-state index in [0.717, 1.165) is 5.69 Å². The summed E-state index contributed by atoms with van der Waals surface area (Å²) >= 11 is 0. The minimum absolute atomic E-state index is 0.504. The van der Waals surface area contributed by atoms with Crippen LogP contribution < -0.4 is 0 Å². The molecule has 2 heteroatoms. The average Bonchev–Trinajstić information content (AvgIpc) is 2.49. The van der Waals surface area contributed by atoms with Crippen molar-refractivity contribution >= 4 is 10.8 Å². The van der Waals surface area contributed by atoms with Crippen LogP contribution >= 0.6 is 0 Å². The van der Waals surface area contributed by atoms with E-state index >= 15 is 0 Å². The van der Waals surface area contributed by atoms with E-state index in [2.05, 4.69) is 29.9 Å². The van der Waals surface area contributed by atoms with Crippen molar-refractivity contribution in [3.63, 3.8) is 0 Å². The van der Waals surface area contributed by atoms with Crippen molar-refractivity contribution in [1.82, 2.24) is 9.97 Å². The van der Waals surface area contributed by atoms with Crippen LogP contribution in [0.4, 0.5) is 0 Å². The average molecular weight is 160 g/mol. The maximum atomic E-state index is 4.36. The first-order valence-corrected chi connectivity index (χ1v) is 4.20. The predicted molar refractivity (Wildman–Crippen MR) is 50.2 cm³/mol. The van der Waals surface area contributed by atoms with Crippen LogP contribution in [0.2, 0.25) is 0 Å². The highest BCUT2D eigenvalue weighted by Crippen LogP contribution is 2.17. The van der Waals surface area contributed by atoms with Gasteiger partial charge in [0.2, 0.25) is 0 Å². The molecule has 62 valence electrons. The molecule has 0 bridgehead atoms. The molecular formula is C10H12N2. The zero-order valence-corrected chi connectivity index (χ0v) is 7.33. The quantitative estimate of drug-likeness (QED) is 0.682. The van der Waals surface area contributed by atoms with Gasteiger partial charge in [0, 0.05) is 35.1 Å². The van der Waals surface area contributed by atoms with Crippen LogP contribution in [0.5, 0.6) is 0 Å². The molecule has 2 aromatic rings. The molecule has 2 heterocycles. The van der Waals surface area contributed by atoms with Gasteiger partial charge in [0.05, 0.1) is 0 Å². The number of hydrogen-bond donors (Lipinski definition) is 1. The lowest BCUT2D eigenvalue weighted by atomic mass is 10.1. The van der Waals surface area contributed by atoms with Gasteiger partial charge >= 0.3 is 0 Å². The highest BCUT2D eigenvalue weighted by atomic mass is 14.7.